The van der Waals surface area contributed by atoms with Gasteiger partial charge >= 0.3 is 0 Å². The van der Waals surface area contributed by atoms with Gasteiger partial charge < -0.3 is 11.1 Å². The van der Waals surface area contributed by atoms with E-state index in [1.54, 1.807) is 11.8 Å². The summed E-state index contributed by atoms with van der Waals surface area (Å²) in [4.78, 5) is 11.7. The molecule has 1 atom stereocenters. The van der Waals surface area contributed by atoms with Crippen molar-refractivity contribution in [3.8, 4) is 0 Å². The van der Waals surface area contributed by atoms with E-state index in [1.807, 2.05) is 6.07 Å². The van der Waals surface area contributed by atoms with Gasteiger partial charge in [-0.1, -0.05) is 24.3 Å². The minimum atomic E-state index is -0.234. The highest BCUT2D eigenvalue weighted by atomic mass is 32.2. The van der Waals surface area contributed by atoms with Crippen LogP contribution in [0.1, 0.15) is 30.4 Å². The monoisotopic (exact) mass is 264 g/mol. The quantitative estimate of drug-likeness (QED) is 0.800. The molecule has 0 heterocycles. The smallest absolute Gasteiger partial charge is 0.221 e. The number of nitrogens with two attached hydrogens (primary N) is 1. The van der Waals surface area contributed by atoms with E-state index in [2.05, 4.69) is 29.8 Å². The molecule has 1 aliphatic carbocycles. The molecule has 3 N–H and O–H groups in total. The number of aryl methyl sites for hydroxylation is 1. The number of fused-ring (bicyclic) bond motifs is 1. The molecule has 4 heteroatoms. The van der Waals surface area contributed by atoms with Crippen molar-refractivity contribution in [2.24, 2.45) is 5.73 Å². The largest absolute Gasteiger partial charge is 0.338 e. The molecule has 0 radical (unpaired) electrons. The van der Waals surface area contributed by atoms with Crippen molar-refractivity contribution >= 4 is 17.7 Å². The molecule has 0 fully saturated rings. The van der Waals surface area contributed by atoms with E-state index in [0.29, 0.717) is 13.0 Å². The molecule has 0 spiro atoms. The van der Waals surface area contributed by atoms with E-state index < -0.39 is 0 Å². The third-order valence-electron chi connectivity index (χ3n) is 3.50. The first-order chi connectivity index (χ1) is 8.72. The average Bonchev–Trinajstić information content (AvgIpc) is 2.76. The fourth-order valence-electron chi connectivity index (χ4n) is 2.52. The van der Waals surface area contributed by atoms with Gasteiger partial charge in [0.15, 0.2) is 0 Å². The third-order valence-corrected chi connectivity index (χ3v) is 4.72. The Morgan fingerprint density at radius 2 is 2.28 bits per heavy atom. The number of thioether (sulfide) groups is 1. The van der Waals surface area contributed by atoms with Gasteiger partial charge in [0.25, 0.3) is 0 Å². The predicted molar refractivity (Wildman–Crippen MR) is 76.4 cm³/mol. The van der Waals surface area contributed by atoms with Crippen molar-refractivity contribution in [3.05, 3.63) is 35.4 Å². The van der Waals surface area contributed by atoms with Gasteiger partial charge in [-0.05, 0) is 43.2 Å². The van der Waals surface area contributed by atoms with E-state index in [4.69, 9.17) is 5.73 Å². The van der Waals surface area contributed by atoms with Crippen molar-refractivity contribution in [1.29, 1.82) is 0 Å². The molecule has 18 heavy (non-hydrogen) atoms. The molecule has 1 aliphatic rings. The Hall–Kier alpha value is -1.00. The number of nitrogens with one attached hydrogen (secondary N) is 1. The van der Waals surface area contributed by atoms with Crippen LogP contribution in [0.3, 0.4) is 0 Å². The first-order valence-electron chi connectivity index (χ1n) is 6.36. The van der Waals surface area contributed by atoms with Gasteiger partial charge in [0, 0.05) is 6.42 Å². The predicted octanol–water partition coefficient (Wildman–Crippen LogP) is 2.00. The highest BCUT2D eigenvalue weighted by Gasteiger charge is 2.38. The molecule has 1 aromatic carbocycles. The number of amides is 1. The summed E-state index contributed by atoms with van der Waals surface area (Å²) in [7, 11) is 0. The van der Waals surface area contributed by atoms with Crippen LogP contribution < -0.4 is 11.1 Å². The van der Waals surface area contributed by atoms with Crippen LogP contribution in [-0.2, 0) is 16.1 Å². The summed E-state index contributed by atoms with van der Waals surface area (Å²) in [5, 5.41) is 3.20. The lowest BCUT2D eigenvalue weighted by atomic mass is 10.1. The Balaban J connectivity index is 2.15. The molecule has 0 saturated carbocycles. The number of carbonyl (C=O) groups is 1. The molecule has 0 aliphatic heterocycles. The maximum atomic E-state index is 12.0. The zero-order chi connectivity index (χ0) is 13.0. The molecule has 1 aromatic rings. The minimum absolute atomic E-state index is 0.103. The Bertz CT molecular complexity index is 436. The summed E-state index contributed by atoms with van der Waals surface area (Å²) in [6.07, 6.45) is 5.33. The minimum Gasteiger partial charge on any atom is -0.338 e. The van der Waals surface area contributed by atoms with Gasteiger partial charge in [0.05, 0.1) is 0 Å². The maximum Gasteiger partial charge on any atom is 0.221 e. The summed E-state index contributed by atoms with van der Waals surface area (Å²) >= 11 is 1.72. The Morgan fingerprint density at radius 1 is 1.50 bits per heavy atom. The molecule has 98 valence electrons. The van der Waals surface area contributed by atoms with Crippen LogP contribution >= 0.6 is 11.8 Å². The normalized spacial score (nSPS) is 21.7. The summed E-state index contributed by atoms with van der Waals surface area (Å²) in [6.45, 7) is 0.566. The fourth-order valence-corrected chi connectivity index (χ4v) is 3.46. The van der Waals surface area contributed by atoms with Gasteiger partial charge in [-0.25, -0.2) is 0 Å². The molecule has 0 bridgehead atoms. The second kappa shape index (κ2) is 5.76. The van der Waals surface area contributed by atoms with Crippen molar-refractivity contribution in [3.63, 3.8) is 0 Å². The molecule has 0 aromatic heterocycles. The SMILES string of the molecule is CSC1(NC(=O)CCCN)CCc2ccccc21. The van der Waals surface area contributed by atoms with Crippen LogP contribution in [-0.4, -0.2) is 18.7 Å². The van der Waals surface area contributed by atoms with Crippen LogP contribution in [0, 0.1) is 0 Å². The van der Waals surface area contributed by atoms with Crippen molar-refractivity contribution in [1.82, 2.24) is 5.32 Å². The topological polar surface area (TPSA) is 55.1 Å². The second-order valence-electron chi connectivity index (χ2n) is 4.63. The van der Waals surface area contributed by atoms with E-state index in [1.165, 1.54) is 11.1 Å². The zero-order valence-electron chi connectivity index (χ0n) is 10.7. The summed E-state index contributed by atoms with van der Waals surface area (Å²) in [5.41, 5.74) is 8.06. The third kappa shape index (κ3) is 2.54. The van der Waals surface area contributed by atoms with Crippen molar-refractivity contribution in [2.75, 3.05) is 12.8 Å². The van der Waals surface area contributed by atoms with Crippen LogP contribution in [0.15, 0.2) is 24.3 Å². The Labute approximate surface area is 113 Å². The Kier molecular flexibility index (Phi) is 4.30. The van der Waals surface area contributed by atoms with Gasteiger partial charge in [-0.15, -0.1) is 11.8 Å². The number of rotatable bonds is 5. The molecule has 1 amide bonds. The van der Waals surface area contributed by atoms with Crippen LogP contribution in [0.5, 0.6) is 0 Å². The lowest BCUT2D eigenvalue weighted by Crippen LogP contribution is -2.41. The molecular formula is C14H20N2OS. The zero-order valence-corrected chi connectivity index (χ0v) is 11.6. The van der Waals surface area contributed by atoms with Crippen molar-refractivity contribution < 1.29 is 4.79 Å². The first kappa shape index (κ1) is 13.4. The van der Waals surface area contributed by atoms with Gasteiger partial charge in [0.1, 0.15) is 4.87 Å². The molecule has 1 unspecified atom stereocenters. The van der Waals surface area contributed by atoms with E-state index in [0.717, 1.165) is 19.3 Å². The summed E-state index contributed by atoms with van der Waals surface area (Å²) in [6, 6.07) is 8.38. The number of benzene rings is 1. The van der Waals surface area contributed by atoms with Crippen LogP contribution in [0.25, 0.3) is 0 Å². The van der Waals surface area contributed by atoms with Crippen LogP contribution in [0.2, 0.25) is 0 Å². The number of hydrogen-bond donors (Lipinski definition) is 2. The van der Waals surface area contributed by atoms with E-state index in [9.17, 15) is 4.79 Å². The number of hydrogen-bond acceptors (Lipinski definition) is 3. The maximum absolute atomic E-state index is 12.0. The van der Waals surface area contributed by atoms with E-state index in [-0.39, 0.29) is 10.8 Å². The molecule has 3 nitrogen and oxygen atoms in total. The second-order valence-corrected chi connectivity index (χ2v) is 5.73. The average molecular weight is 264 g/mol. The van der Waals surface area contributed by atoms with Gasteiger partial charge in [-0.3, -0.25) is 4.79 Å². The highest BCUT2D eigenvalue weighted by Crippen LogP contribution is 2.43. The lowest BCUT2D eigenvalue weighted by molar-refractivity contribution is -0.122. The fraction of sp³-hybridized carbons (Fsp3) is 0.500. The molecular weight excluding hydrogens is 244 g/mol. The van der Waals surface area contributed by atoms with Gasteiger partial charge in [-0.2, -0.15) is 0 Å². The first-order valence-corrected chi connectivity index (χ1v) is 7.59. The van der Waals surface area contributed by atoms with Crippen LogP contribution in [0.4, 0.5) is 0 Å². The summed E-state index contributed by atoms with van der Waals surface area (Å²) in [5.74, 6) is 0.103. The number of carbonyl (C=O) groups excluding carboxylic acids is 1. The van der Waals surface area contributed by atoms with E-state index >= 15 is 0 Å². The van der Waals surface area contributed by atoms with Gasteiger partial charge in [0.2, 0.25) is 5.91 Å². The summed E-state index contributed by atoms with van der Waals surface area (Å²) < 4.78 is 0. The molecule has 2 rings (SSSR count). The molecule has 0 saturated heterocycles. The standard InChI is InChI=1S/C14H20N2OS/c1-18-14(16-13(17)7-4-10-15)9-8-11-5-2-3-6-12(11)14/h2-3,5-6H,4,7-10,15H2,1H3,(H,16,17). The highest BCUT2D eigenvalue weighted by molar-refractivity contribution is 7.99. The van der Waals surface area contributed by atoms with Crippen molar-refractivity contribution in [2.45, 2.75) is 30.6 Å². The lowest BCUT2D eigenvalue weighted by Gasteiger charge is -2.29. The Morgan fingerprint density at radius 3 is 3.00 bits per heavy atom.